The van der Waals surface area contributed by atoms with Crippen LogP contribution in [0, 0.1) is 5.82 Å². The molecule has 0 heterocycles. The Bertz CT molecular complexity index is 278. The van der Waals surface area contributed by atoms with Gasteiger partial charge in [-0.05, 0) is 31.0 Å². The number of rotatable bonds is 5. The summed E-state index contributed by atoms with van der Waals surface area (Å²) in [5.41, 5.74) is 0.944. The molecule has 1 nitrogen and oxygen atoms in total. The third-order valence-electron chi connectivity index (χ3n) is 2.13. The van der Waals surface area contributed by atoms with Crippen molar-refractivity contribution in [3.63, 3.8) is 0 Å². The van der Waals surface area contributed by atoms with Gasteiger partial charge in [-0.1, -0.05) is 22.0 Å². The predicted octanol–water partition coefficient (Wildman–Crippen LogP) is 3.44. The van der Waals surface area contributed by atoms with Crippen LogP contribution in [0.5, 0.6) is 0 Å². The van der Waals surface area contributed by atoms with E-state index in [1.54, 1.807) is 12.1 Å². The van der Waals surface area contributed by atoms with E-state index in [1.807, 2.05) is 13.1 Å². The largest absolute Gasteiger partial charge is 0.375 e. The molecule has 14 heavy (non-hydrogen) atoms. The van der Waals surface area contributed by atoms with Crippen molar-refractivity contribution in [2.45, 2.75) is 12.8 Å². The number of halogens is 2. The molecule has 3 heteroatoms. The van der Waals surface area contributed by atoms with Gasteiger partial charge in [-0.2, -0.15) is 0 Å². The molecule has 0 spiro atoms. The summed E-state index contributed by atoms with van der Waals surface area (Å²) in [7, 11) is 1.99. The third kappa shape index (κ3) is 3.66. The first-order chi connectivity index (χ1) is 6.74. The summed E-state index contributed by atoms with van der Waals surface area (Å²) < 4.78 is 12.9. The molecular formula is C11H15BrFN. The third-order valence-corrected chi connectivity index (χ3v) is 2.69. The summed E-state index contributed by atoms with van der Waals surface area (Å²) in [6.07, 6.45) is 2.28. The molecule has 0 bridgehead atoms. The van der Waals surface area contributed by atoms with Gasteiger partial charge in [0.25, 0.3) is 0 Å². The molecule has 0 fully saturated rings. The van der Waals surface area contributed by atoms with Crippen LogP contribution in [-0.4, -0.2) is 18.9 Å². The van der Waals surface area contributed by atoms with Crippen LogP contribution in [0.3, 0.4) is 0 Å². The molecule has 0 aliphatic carbocycles. The highest BCUT2D eigenvalue weighted by Crippen LogP contribution is 2.14. The molecule has 78 valence electrons. The van der Waals surface area contributed by atoms with Gasteiger partial charge in [-0.15, -0.1) is 0 Å². The molecule has 0 saturated carbocycles. The second-order valence-corrected chi connectivity index (χ2v) is 4.09. The minimum atomic E-state index is -0.171. The Kier molecular flexibility index (Phi) is 4.94. The Morgan fingerprint density at radius 1 is 1.36 bits per heavy atom. The molecule has 0 saturated heterocycles. The molecule has 0 aliphatic heterocycles. The fourth-order valence-electron chi connectivity index (χ4n) is 1.29. The maximum Gasteiger partial charge on any atom is 0.125 e. The standard InChI is InChI=1S/C11H15BrFN/c1-14(8-3-2-7-12)11-6-4-5-10(13)9-11/h4-6,9H,2-3,7-8H2,1H3. The first kappa shape index (κ1) is 11.5. The van der Waals surface area contributed by atoms with E-state index >= 15 is 0 Å². The van der Waals surface area contributed by atoms with Gasteiger partial charge in [0.05, 0.1) is 0 Å². The molecule has 0 aliphatic rings. The van der Waals surface area contributed by atoms with Gasteiger partial charge in [0, 0.05) is 24.6 Å². The van der Waals surface area contributed by atoms with E-state index in [2.05, 4.69) is 20.8 Å². The average molecular weight is 260 g/mol. The van der Waals surface area contributed by atoms with Crippen molar-refractivity contribution in [2.24, 2.45) is 0 Å². The van der Waals surface area contributed by atoms with E-state index < -0.39 is 0 Å². The molecule has 1 aromatic carbocycles. The maximum absolute atomic E-state index is 12.9. The normalized spacial score (nSPS) is 10.2. The predicted molar refractivity (Wildman–Crippen MR) is 62.7 cm³/mol. The summed E-state index contributed by atoms with van der Waals surface area (Å²) in [5.74, 6) is -0.171. The molecule has 0 aromatic heterocycles. The molecule has 1 rings (SSSR count). The lowest BCUT2D eigenvalue weighted by Gasteiger charge is -2.18. The van der Waals surface area contributed by atoms with Gasteiger partial charge >= 0.3 is 0 Å². The van der Waals surface area contributed by atoms with Crippen LogP contribution in [0.1, 0.15) is 12.8 Å². The highest BCUT2D eigenvalue weighted by atomic mass is 79.9. The Hall–Kier alpha value is -0.570. The number of nitrogens with zero attached hydrogens (tertiary/aromatic N) is 1. The minimum Gasteiger partial charge on any atom is -0.375 e. The van der Waals surface area contributed by atoms with E-state index in [0.29, 0.717) is 0 Å². The summed E-state index contributed by atoms with van der Waals surface area (Å²) in [4.78, 5) is 2.08. The van der Waals surface area contributed by atoms with Gasteiger partial charge in [-0.25, -0.2) is 4.39 Å². The van der Waals surface area contributed by atoms with E-state index in [9.17, 15) is 4.39 Å². The smallest absolute Gasteiger partial charge is 0.125 e. The first-order valence-corrected chi connectivity index (χ1v) is 5.89. The van der Waals surface area contributed by atoms with Crippen molar-refractivity contribution in [2.75, 3.05) is 23.8 Å². The van der Waals surface area contributed by atoms with Crippen LogP contribution >= 0.6 is 15.9 Å². The molecular weight excluding hydrogens is 245 g/mol. The number of hydrogen-bond acceptors (Lipinski definition) is 1. The quantitative estimate of drug-likeness (QED) is 0.579. The Labute approximate surface area is 93.0 Å². The Morgan fingerprint density at radius 3 is 2.79 bits per heavy atom. The number of alkyl halides is 1. The van der Waals surface area contributed by atoms with Crippen molar-refractivity contribution in [3.05, 3.63) is 30.1 Å². The van der Waals surface area contributed by atoms with Gasteiger partial charge in [-0.3, -0.25) is 0 Å². The zero-order valence-electron chi connectivity index (χ0n) is 8.34. The maximum atomic E-state index is 12.9. The summed E-state index contributed by atoms with van der Waals surface area (Å²) >= 11 is 3.39. The summed E-state index contributed by atoms with van der Waals surface area (Å²) in [6.45, 7) is 0.967. The van der Waals surface area contributed by atoms with Gasteiger partial charge in [0.15, 0.2) is 0 Å². The highest BCUT2D eigenvalue weighted by Gasteiger charge is 2.00. The fraction of sp³-hybridized carbons (Fsp3) is 0.455. The lowest BCUT2D eigenvalue weighted by atomic mass is 10.2. The zero-order chi connectivity index (χ0) is 10.4. The second-order valence-electron chi connectivity index (χ2n) is 3.30. The lowest BCUT2D eigenvalue weighted by Crippen LogP contribution is -2.18. The van der Waals surface area contributed by atoms with Gasteiger partial charge in [0.1, 0.15) is 5.82 Å². The van der Waals surface area contributed by atoms with E-state index in [4.69, 9.17) is 0 Å². The lowest BCUT2D eigenvalue weighted by molar-refractivity contribution is 0.627. The van der Waals surface area contributed by atoms with Crippen LogP contribution in [0.2, 0.25) is 0 Å². The topological polar surface area (TPSA) is 3.24 Å². The fourth-order valence-corrected chi connectivity index (χ4v) is 1.68. The molecule has 0 N–H and O–H groups in total. The van der Waals surface area contributed by atoms with E-state index in [-0.39, 0.29) is 5.82 Å². The van der Waals surface area contributed by atoms with Crippen molar-refractivity contribution < 1.29 is 4.39 Å². The van der Waals surface area contributed by atoms with Crippen molar-refractivity contribution in [3.8, 4) is 0 Å². The molecule has 0 atom stereocenters. The van der Waals surface area contributed by atoms with Crippen molar-refractivity contribution >= 4 is 21.6 Å². The number of anilines is 1. The van der Waals surface area contributed by atoms with Crippen molar-refractivity contribution in [1.29, 1.82) is 0 Å². The summed E-state index contributed by atoms with van der Waals surface area (Å²) in [5, 5.41) is 1.03. The molecule has 0 amide bonds. The number of benzene rings is 1. The van der Waals surface area contributed by atoms with Crippen LogP contribution in [0.25, 0.3) is 0 Å². The van der Waals surface area contributed by atoms with Gasteiger partial charge in [0.2, 0.25) is 0 Å². The van der Waals surface area contributed by atoms with E-state index in [1.165, 1.54) is 6.07 Å². The Morgan fingerprint density at radius 2 is 2.14 bits per heavy atom. The highest BCUT2D eigenvalue weighted by molar-refractivity contribution is 9.09. The van der Waals surface area contributed by atoms with E-state index in [0.717, 1.165) is 30.4 Å². The first-order valence-electron chi connectivity index (χ1n) is 4.76. The average Bonchev–Trinajstić information content (AvgIpc) is 2.18. The van der Waals surface area contributed by atoms with Gasteiger partial charge < -0.3 is 4.90 Å². The van der Waals surface area contributed by atoms with Crippen LogP contribution in [-0.2, 0) is 0 Å². The molecule has 0 radical (unpaired) electrons. The van der Waals surface area contributed by atoms with Crippen molar-refractivity contribution in [1.82, 2.24) is 0 Å². The second kappa shape index (κ2) is 6.02. The molecule has 0 unspecified atom stereocenters. The van der Waals surface area contributed by atoms with Crippen LogP contribution in [0.15, 0.2) is 24.3 Å². The Balaban J connectivity index is 2.47. The number of unbranched alkanes of at least 4 members (excludes halogenated alkanes) is 1. The van der Waals surface area contributed by atoms with Crippen LogP contribution < -0.4 is 4.90 Å². The SMILES string of the molecule is CN(CCCCBr)c1cccc(F)c1. The monoisotopic (exact) mass is 259 g/mol. The minimum absolute atomic E-state index is 0.171. The summed E-state index contributed by atoms with van der Waals surface area (Å²) in [6, 6.07) is 6.70. The van der Waals surface area contributed by atoms with Crippen LogP contribution in [0.4, 0.5) is 10.1 Å². The molecule has 1 aromatic rings. The number of hydrogen-bond donors (Lipinski definition) is 0. The zero-order valence-corrected chi connectivity index (χ0v) is 9.93.